The highest BCUT2D eigenvalue weighted by Gasteiger charge is 2.28. The van der Waals surface area contributed by atoms with Crippen molar-refractivity contribution in [2.45, 2.75) is 12.1 Å². The van der Waals surface area contributed by atoms with E-state index in [2.05, 4.69) is 25.8 Å². The van der Waals surface area contributed by atoms with E-state index in [4.69, 9.17) is 9.72 Å². The summed E-state index contributed by atoms with van der Waals surface area (Å²) in [6.45, 7) is 3.48. The van der Waals surface area contributed by atoms with Gasteiger partial charge in [-0.1, -0.05) is 0 Å². The fourth-order valence-electron chi connectivity index (χ4n) is 2.42. The van der Waals surface area contributed by atoms with Gasteiger partial charge in [0.15, 0.2) is 5.65 Å². The first-order chi connectivity index (χ1) is 10.1. The van der Waals surface area contributed by atoms with Crippen LogP contribution in [0.1, 0.15) is 10.9 Å². The lowest BCUT2D eigenvalue weighted by atomic mass is 9.84. The summed E-state index contributed by atoms with van der Waals surface area (Å²) in [7, 11) is 1.20. The maximum absolute atomic E-state index is 9.78. The number of fused-ring (bicyclic) bond motifs is 1. The predicted octanol–water partition coefficient (Wildman–Crippen LogP) is 1.70. The molecule has 2 aromatic rings. The van der Waals surface area contributed by atoms with Crippen LogP contribution in [0.3, 0.4) is 0 Å². The smallest absolute Gasteiger partial charge is 0.376 e. The van der Waals surface area contributed by atoms with E-state index in [9.17, 15) is 5.02 Å². The van der Waals surface area contributed by atoms with Gasteiger partial charge in [0.1, 0.15) is 0 Å². The molecule has 3 heterocycles. The van der Waals surface area contributed by atoms with Gasteiger partial charge in [-0.25, -0.2) is 4.98 Å². The largest absolute Gasteiger partial charge is 0.481 e. The van der Waals surface area contributed by atoms with Crippen molar-refractivity contribution >= 4 is 40.4 Å². The van der Waals surface area contributed by atoms with Crippen molar-refractivity contribution in [2.75, 3.05) is 26.0 Å². The second-order valence-electron chi connectivity index (χ2n) is 4.94. The first kappa shape index (κ1) is 15.1. The highest BCUT2D eigenvalue weighted by Crippen LogP contribution is 2.34. The molecule has 0 radical (unpaired) electrons. The molecule has 1 atom stereocenters. The molecule has 1 aliphatic rings. The molecule has 1 aliphatic heterocycles. The highest BCUT2D eigenvalue weighted by molar-refractivity contribution is 9.10. The minimum absolute atomic E-state index is 0.217. The third-order valence-corrected chi connectivity index (χ3v) is 5.35. The molecule has 21 heavy (non-hydrogen) atoms. The van der Waals surface area contributed by atoms with Crippen LogP contribution in [-0.4, -0.2) is 57.4 Å². The number of methoxy groups -OCH3 is 1. The highest BCUT2D eigenvalue weighted by atomic mass is 79.9. The lowest BCUT2D eigenvalue weighted by molar-refractivity contribution is 0.369. The molecule has 0 amide bonds. The molecule has 9 heteroatoms. The Hall–Kier alpha value is -0.765. The number of rotatable bonds is 3. The van der Waals surface area contributed by atoms with E-state index in [1.807, 2.05) is 17.8 Å². The third kappa shape index (κ3) is 2.92. The predicted molar refractivity (Wildman–Crippen MR) is 87.8 cm³/mol. The summed E-state index contributed by atoms with van der Waals surface area (Å²) < 4.78 is 7.93. The number of nitrogens with zero attached hydrogens (tertiary/aromatic N) is 4. The van der Waals surface area contributed by atoms with E-state index in [1.54, 1.807) is 24.6 Å². The summed E-state index contributed by atoms with van der Waals surface area (Å²) in [4.78, 5) is 6.77. The molecule has 0 bridgehead atoms. The molecule has 1 unspecified atom stereocenters. The van der Waals surface area contributed by atoms with E-state index >= 15 is 0 Å². The van der Waals surface area contributed by atoms with E-state index in [1.165, 1.54) is 0 Å². The molecule has 2 aromatic heterocycles. The van der Waals surface area contributed by atoms with E-state index in [-0.39, 0.29) is 5.25 Å². The van der Waals surface area contributed by atoms with Crippen molar-refractivity contribution in [3.63, 3.8) is 0 Å². The van der Waals surface area contributed by atoms with Gasteiger partial charge in [-0.05, 0) is 29.3 Å². The number of aromatic nitrogens is 3. The quantitative estimate of drug-likeness (QED) is 0.829. The van der Waals surface area contributed by atoms with Crippen LogP contribution >= 0.6 is 27.7 Å². The summed E-state index contributed by atoms with van der Waals surface area (Å²) in [6.07, 6.45) is 1.71. The van der Waals surface area contributed by atoms with Gasteiger partial charge < -0.3 is 14.6 Å². The summed E-state index contributed by atoms with van der Waals surface area (Å²) >= 11 is 5.32. The molecule has 112 valence electrons. The molecular formula is C12H16BBrN4O2S. The molecular weight excluding hydrogens is 355 g/mol. The maximum Gasteiger partial charge on any atom is 0.376 e. The second-order valence-corrected chi connectivity index (χ2v) is 7.10. The maximum atomic E-state index is 9.78. The van der Waals surface area contributed by atoms with Crippen molar-refractivity contribution in [2.24, 2.45) is 0 Å². The van der Waals surface area contributed by atoms with Crippen LogP contribution in [0.15, 0.2) is 16.7 Å². The minimum Gasteiger partial charge on any atom is -0.481 e. The van der Waals surface area contributed by atoms with Crippen molar-refractivity contribution in [3.05, 3.63) is 22.4 Å². The Bertz CT molecular complexity index is 653. The zero-order chi connectivity index (χ0) is 15.0. The Balaban J connectivity index is 1.98. The molecule has 6 nitrogen and oxygen atoms in total. The van der Waals surface area contributed by atoms with Gasteiger partial charge in [0.2, 0.25) is 5.88 Å². The van der Waals surface area contributed by atoms with Crippen LogP contribution < -0.4 is 4.74 Å². The van der Waals surface area contributed by atoms with Gasteiger partial charge in [-0.15, -0.1) is 11.8 Å². The van der Waals surface area contributed by atoms with Crippen LogP contribution in [-0.2, 0) is 0 Å². The van der Waals surface area contributed by atoms with Gasteiger partial charge >= 0.3 is 7.05 Å². The number of ether oxygens (including phenoxy) is 1. The zero-order valence-corrected chi connectivity index (χ0v) is 14.3. The molecule has 0 aliphatic carbocycles. The van der Waals surface area contributed by atoms with Crippen LogP contribution in [0.25, 0.3) is 5.65 Å². The van der Waals surface area contributed by atoms with Crippen LogP contribution in [0.5, 0.6) is 5.88 Å². The summed E-state index contributed by atoms with van der Waals surface area (Å²) in [5.41, 5.74) is 1.70. The van der Waals surface area contributed by atoms with Crippen LogP contribution in [0.2, 0.25) is 6.82 Å². The van der Waals surface area contributed by atoms with Crippen LogP contribution in [0, 0.1) is 0 Å². The van der Waals surface area contributed by atoms with E-state index in [0.717, 1.165) is 34.7 Å². The van der Waals surface area contributed by atoms with Crippen molar-refractivity contribution in [1.29, 1.82) is 0 Å². The second kappa shape index (κ2) is 6.16. The number of hydrogen-bond acceptors (Lipinski definition) is 6. The molecule has 0 saturated carbocycles. The molecule has 1 fully saturated rings. The Morgan fingerprint density at radius 2 is 2.38 bits per heavy atom. The van der Waals surface area contributed by atoms with Crippen LogP contribution in [0.4, 0.5) is 0 Å². The topological polar surface area (TPSA) is 62.9 Å². The van der Waals surface area contributed by atoms with Crippen molar-refractivity contribution < 1.29 is 9.76 Å². The Kier molecular flexibility index (Phi) is 4.44. The lowest BCUT2D eigenvalue weighted by Gasteiger charge is -2.32. The summed E-state index contributed by atoms with van der Waals surface area (Å²) in [5.74, 6) is 1.64. The van der Waals surface area contributed by atoms with Gasteiger partial charge in [0, 0.05) is 18.4 Å². The Labute approximate surface area is 136 Å². The normalized spacial score (nSPS) is 19.9. The standard InChI is InChI=1S/C12H16BBrN4O2S/c1-13(19)17-3-4-21-10(7-17)9-5-11(20-2)18-12(16-9)8(14)6-15-18/h5-6,10,19H,3-4,7H2,1-2H3. The summed E-state index contributed by atoms with van der Waals surface area (Å²) in [5, 5.41) is 14.2. The monoisotopic (exact) mass is 370 g/mol. The average molecular weight is 371 g/mol. The number of hydrogen-bond donors (Lipinski definition) is 1. The minimum atomic E-state index is -0.430. The molecule has 1 N–H and O–H groups in total. The molecule has 3 rings (SSSR count). The molecule has 1 saturated heterocycles. The van der Waals surface area contributed by atoms with Gasteiger partial charge in [-0.3, -0.25) is 0 Å². The fourth-order valence-corrected chi connectivity index (χ4v) is 3.99. The van der Waals surface area contributed by atoms with Gasteiger partial charge in [-0.2, -0.15) is 9.61 Å². The first-order valence-electron chi connectivity index (χ1n) is 6.72. The summed E-state index contributed by atoms with van der Waals surface area (Å²) in [6, 6.07) is 1.93. The average Bonchev–Trinajstić information content (AvgIpc) is 2.88. The van der Waals surface area contributed by atoms with Gasteiger partial charge in [0.05, 0.1) is 28.7 Å². The van der Waals surface area contributed by atoms with Crippen molar-refractivity contribution in [3.8, 4) is 5.88 Å². The molecule has 0 aromatic carbocycles. The van der Waals surface area contributed by atoms with Crippen molar-refractivity contribution in [1.82, 2.24) is 19.4 Å². The zero-order valence-electron chi connectivity index (χ0n) is 11.9. The fraction of sp³-hybridized carbons (Fsp3) is 0.500. The number of halogens is 1. The Morgan fingerprint density at radius 1 is 1.57 bits per heavy atom. The molecule has 0 spiro atoms. The first-order valence-corrected chi connectivity index (χ1v) is 8.56. The Morgan fingerprint density at radius 3 is 3.10 bits per heavy atom. The van der Waals surface area contributed by atoms with Gasteiger partial charge in [0.25, 0.3) is 0 Å². The SMILES string of the molecule is COc1cc(C2CN(B(C)O)CCS2)nc2c(Br)cnn12. The lowest BCUT2D eigenvalue weighted by Crippen LogP contribution is -2.43. The van der Waals surface area contributed by atoms with E-state index < -0.39 is 7.05 Å². The number of thioether (sulfide) groups is 1. The third-order valence-electron chi connectivity index (χ3n) is 3.58. The van der Waals surface area contributed by atoms with E-state index in [0.29, 0.717) is 5.88 Å².